The molecule has 1 aromatic rings. The first kappa shape index (κ1) is 14.3. The van der Waals surface area contributed by atoms with Crippen LogP contribution in [0, 0.1) is 27.4 Å². The molecule has 1 fully saturated rings. The Balaban J connectivity index is 2.41. The molecule has 0 heterocycles. The number of phenolic OH excluding ortho intramolecular Hbond substituents is 1. The van der Waals surface area contributed by atoms with Gasteiger partial charge in [-0.3, -0.25) is 10.1 Å². The summed E-state index contributed by atoms with van der Waals surface area (Å²) in [7, 11) is 0. The molecule has 106 valence electrons. The first-order valence-corrected chi connectivity index (χ1v) is 6.71. The zero-order valence-electron chi connectivity index (χ0n) is 11.1. The van der Waals surface area contributed by atoms with Crippen LogP contribution in [0.4, 0.5) is 5.69 Å². The van der Waals surface area contributed by atoms with Crippen LogP contribution in [0.3, 0.4) is 0 Å². The summed E-state index contributed by atoms with van der Waals surface area (Å²) >= 11 is 0. The van der Waals surface area contributed by atoms with Crippen LogP contribution in [-0.2, 0) is 0 Å². The molecule has 0 amide bonds. The number of nitrogens with two attached hydrogens (primary N) is 1. The Labute approximate surface area is 117 Å². The Kier molecular flexibility index (Phi) is 4.20. The summed E-state index contributed by atoms with van der Waals surface area (Å²) in [5.74, 6) is -0.213. The minimum atomic E-state index is -0.687. The van der Waals surface area contributed by atoms with Gasteiger partial charge in [0, 0.05) is 17.7 Å². The fraction of sp³-hybridized carbons (Fsp3) is 0.500. The van der Waals surface area contributed by atoms with Gasteiger partial charge in [0.25, 0.3) is 0 Å². The van der Waals surface area contributed by atoms with Crippen molar-refractivity contribution >= 4 is 5.69 Å². The van der Waals surface area contributed by atoms with Crippen LogP contribution in [0.15, 0.2) is 12.1 Å². The molecular formula is C14H17N3O3. The van der Waals surface area contributed by atoms with E-state index in [0.717, 1.165) is 31.7 Å². The van der Waals surface area contributed by atoms with Gasteiger partial charge < -0.3 is 10.8 Å². The van der Waals surface area contributed by atoms with Crippen LogP contribution in [0.25, 0.3) is 0 Å². The number of hydrogen-bond acceptors (Lipinski definition) is 5. The van der Waals surface area contributed by atoms with E-state index in [1.165, 1.54) is 12.5 Å². The molecule has 6 heteroatoms. The Morgan fingerprint density at radius 1 is 1.40 bits per heavy atom. The highest BCUT2D eigenvalue weighted by molar-refractivity contribution is 5.57. The van der Waals surface area contributed by atoms with Crippen molar-refractivity contribution in [3.8, 4) is 11.8 Å². The van der Waals surface area contributed by atoms with E-state index in [-0.39, 0.29) is 11.5 Å². The lowest BCUT2D eigenvalue weighted by Crippen LogP contribution is -2.23. The molecule has 20 heavy (non-hydrogen) atoms. The monoisotopic (exact) mass is 275 g/mol. The number of nitriles is 1. The maximum absolute atomic E-state index is 10.9. The third-order valence-corrected chi connectivity index (χ3v) is 3.96. The van der Waals surface area contributed by atoms with Gasteiger partial charge in [0.2, 0.25) is 0 Å². The Morgan fingerprint density at radius 2 is 2.05 bits per heavy atom. The Morgan fingerprint density at radius 3 is 2.60 bits per heavy atom. The SMILES string of the molecule is N#Cc1cc([C@H](N)C2CCCCC2)c(O)c([N+](=O)[O-])c1. The van der Waals surface area contributed by atoms with Crippen LogP contribution in [-0.4, -0.2) is 10.0 Å². The number of nitrogens with zero attached hydrogens (tertiary/aromatic N) is 2. The molecule has 0 bridgehead atoms. The normalized spacial score (nSPS) is 17.4. The smallest absolute Gasteiger partial charge is 0.312 e. The number of benzene rings is 1. The summed E-state index contributed by atoms with van der Waals surface area (Å²) in [4.78, 5) is 10.2. The zero-order valence-corrected chi connectivity index (χ0v) is 11.1. The molecule has 0 saturated heterocycles. The van der Waals surface area contributed by atoms with E-state index in [2.05, 4.69) is 0 Å². The summed E-state index contributed by atoms with van der Waals surface area (Å²) in [6, 6.07) is 3.94. The van der Waals surface area contributed by atoms with E-state index < -0.39 is 22.4 Å². The third-order valence-electron chi connectivity index (χ3n) is 3.96. The lowest BCUT2D eigenvalue weighted by atomic mass is 9.81. The predicted octanol–water partition coefficient (Wildman–Crippen LogP) is 2.75. The molecule has 1 aliphatic rings. The largest absolute Gasteiger partial charge is 0.502 e. The number of nitro groups is 1. The van der Waals surface area contributed by atoms with Crippen LogP contribution >= 0.6 is 0 Å². The number of hydrogen-bond donors (Lipinski definition) is 2. The van der Waals surface area contributed by atoms with Crippen molar-refractivity contribution in [2.75, 3.05) is 0 Å². The van der Waals surface area contributed by atoms with Gasteiger partial charge in [0.15, 0.2) is 5.75 Å². The summed E-state index contributed by atoms with van der Waals surface area (Å²) in [5.41, 5.74) is 6.17. The van der Waals surface area contributed by atoms with Crippen molar-refractivity contribution in [3.05, 3.63) is 33.4 Å². The second-order valence-electron chi connectivity index (χ2n) is 5.23. The average Bonchev–Trinajstić information content (AvgIpc) is 2.47. The van der Waals surface area contributed by atoms with E-state index in [1.807, 2.05) is 6.07 Å². The average molecular weight is 275 g/mol. The molecule has 6 nitrogen and oxygen atoms in total. The van der Waals surface area contributed by atoms with E-state index in [1.54, 1.807) is 0 Å². The van der Waals surface area contributed by atoms with Gasteiger partial charge in [-0.15, -0.1) is 0 Å². The van der Waals surface area contributed by atoms with Crippen LogP contribution in [0.5, 0.6) is 5.75 Å². The highest BCUT2D eigenvalue weighted by Gasteiger charge is 2.28. The highest BCUT2D eigenvalue weighted by atomic mass is 16.6. The summed E-state index contributed by atoms with van der Waals surface area (Å²) in [5, 5.41) is 29.9. The molecule has 0 radical (unpaired) electrons. The topological polar surface area (TPSA) is 113 Å². The van der Waals surface area contributed by atoms with E-state index in [0.29, 0.717) is 5.56 Å². The van der Waals surface area contributed by atoms with Crippen LogP contribution < -0.4 is 5.73 Å². The van der Waals surface area contributed by atoms with E-state index in [4.69, 9.17) is 11.0 Å². The number of rotatable bonds is 3. The molecule has 1 aromatic carbocycles. The second-order valence-corrected chi connectivity index (χ2v) is 5.23. The fourth-order valence-electron chi connectivity index (χ4n) is 2.85. The molecule has 1 atom stereocenters. The van der Waals surface area contributed by atoms with Crippen molar-refractivity contribution in [3.63, 3.8) is 0 Å². The fourth-order valence-corrected chi connectivity index (χ4v) is 2.85. The Hall–Kier alpha value is -2.13. The van der Waals surface area contributed by atoms with Crippen molar-refractivity contribution in [2.24, 2.45) is 11.7 Å². The summed E-state index contributed by atoms with van der Waals surface area (Å²) in [6.07, 6.45) is 5.24. The van der Waals surface area contributed by atoms with Crippen LogP contribution in [0.2, 0.25) is 0 Å². The molecule has 0 spiro atoms. The van der Waals surface area contributed by atoms with Crippen molar-refractivity contribution in [1.29, 1.82) is 5.26 Å². The van der Waals surface area contributed by atoms with Gasteiger partial charge in [-0.05, 0) is 24.8 Å². The predicted molar refractivity (Wildman–Crippen MR) is 73.0 cm³/mol. The molecule has 0 aromatic heterocycles. The van der Waals surface area contributed by atoms with Crippen molar-refractivity contribution in [2.45, 2.75) is 38.1 Å². The number of aromatic hydroxyl groups is 1. The van der Waals surface area contributed by atoms with E-state index >= 15 is 0 Å². The lowest BCUT2D eigenvalue weighted by Gasteiger charge is -2.28. The maximum atomic E-state index is 10.9. The summed E-state index contributed by atoms with van der Waals surface area (Å²) in [6.45, 7) is 0. The first-order chi connectivity index (χ1) is 9.54. The van der Waals surface area contributed by atoms with Crippen molar-refractivity contribution < 1.29 is 10.0 Å². The minimum Gasteiger partial charge on any atom is -0.502 e. The molecule has 3 N–H and O–H groups in total. The molecule has 0 aliphatic heterocycles. The number of phenols is 1. The molecule has 1 aliphatic carbocycles. The van der Waals surface area contributed by atoms with Crippen LogP contribution in [0.1, 0.15) is 49.3 Å². The van der Waals surface area contributed by atoms with Gasteiger partial charge in [-0.25, -0.2) is 0 Å². The highest BCUT2D eigenvalue weighted by Crippen LogP contribution is 2.40. The zero-order chi connectivity index (χ0) is 14.7. The lowest BCUT2D eigenvalue weighted by molar-refractivity contribution is -0.386. The van der Waals surface area contributed by atoms with Gasteiger partial charge >= 0.3 is 5.69 Å². The quantitative estimate of drug-likeness (QED) is 0.650. The molecular weight excluding hydrogens is 258 g/mol. The Bertz CT molecular complexity index is 560. The number of nitro benzene ring substituents is 1. The third kappa shape index (κ3) is 2.73. The first-order valence-electron chi connectivity index (χ1n) is 6.71. The van der Waals surface area contributed by atoms with Gasteiger partial charge in [-0.2, -0.15) is 5.26 Å². The summed E-state index contributed by atoms with van der Waals surface area (Å²) < 4.78 is 0. The van der Waals surface area contributed by atoms with Gasteiger partial charge in [0.1, 0.15) is 0 Å². The van der Waals surface area contributed by atoms with E-state index in [9.17, 15) is 15.2 Å². The molecule has 1 saturated carbocycles. The van der Waals surface area contributed by atoms with Crippen molar-refractivity contribution in [1.82, 2.24) is 0 Å². The minimum absolute atomic E-state index is 0.149. The van der Waals surface area contributed by atoms with Gasteiger partial charge in [0.05, 0.1) is 16.6 Å². The molecule has 0 unspecified atom stereocenters. The maximum Gasteiger partial charge on any atom is 0.312 e. The molecule has 2 rings (SSSR count). The second kappa shape index (κ2) is 5.88. The standard InChI is InChI=1S/C14H17N3O3/c15-8-9-6-11(14(18)12(7-9)17(19)20)13(16)10-4-2-1-3-5-10/h6-7,10,13,18H,1-5,16H2/t13-/m1/s1. The van der Waals surface area contributed by atoms with Gasteiger partial charge in [-0.1, -0.05) is 19.3 Å².